The van der Waals surface area contributed by atoms with Gasteiger partial charge in [-0.1, -0.05) is 53.4 Å². The van der Waals surface area contributed by atoms with Crippen molar-refractivity contribution in [2.24, 2.45) is 0 Å². The van der Waals surface area contributed by atoms with Crippen LogP contribution in [0.2, 0.25) is 0 Å². The molecule has 1 heterocycles. The maximum Gasteiger partial charge on any atom is 0.231 e. The Balaban J connectivity index is 1.86. The van der Waals surface area contributed by atoms with Crippen molar-refractivity contribution < 1.29 is 9.59 Å². The number of carbonyl (C=O) groups is 2. The summed E-state index contributed by atoms with van der Waals surface area (Å²) in [5, 5.41) is 14.3. The number of aromatic nitrogens is 2. The lowest BCUT2D eigenvalue weighted by Gasteiger charge is -2.15. The maximum atomic E-state index is 12.1. The summed E-state index contributed by atoms with van der Waals surface area (Å²) in [4.78, 5) is 23.8. The van der Waals surface area contributed by atoms with Crippen LogP contribution in [0, 0.1) is 0 Å². The van der Waals surface area contributed by atoms with Gasteiger partial charge in [-0.3, -0.25) is 9.59 Å². The number of anilines is 1. The van der Waals surface area contributed by atoms with E-state index < -0.39 is 6.04 Å². The summed E-state index contributed by atoms with van der Waals surface area (Å²) >= 11 is 2.69. The lowest BCUT2D eigenvalue weighted by molar-refractivity contribution is -0.125. The normalized spacial score (nSPS) is 11.7. The molecule has 2 rings (SSSR count). The van der Waals surface area contributed by atoms with E-state index in [2.05, 4.69) is 20.8 Å². The highest BCUT2D eigenvalue weighted by Gasteiger charge is 2.18. The minimum absolute atomic E-state index is 0.0550. The van der Waals surface area contributed by atoms with Crippen LogP contribution in [0.3, 0.4) is 0 Å². The first kappa shape index (κ1) is 17.4. The molecule has 1 aromatic carbocycles. The summed E-state index contributed by atoms with van der Waals surface area (Å²) in [6.07, 6.45) is 0.495. The molecule has 0 aliphatic rings. The number of hydrogen-bond donors (Lipinski definition) is 2. The topological polar surface area (TPSA) is 84.0 Å². The van der Waals surface area contributed by atoms with Crippen molar-refractivity contribution in [1.29, 1.82) is 0 Å². The summed E-state index contributed by atoms with van der Waals surface area (Å²) in [7, 11) is 1.77. The first-order valence-corrected chi connectivity index (χ1v) is 8.86. The molecular formula is C15H18N4O2S2. The second kappa shape index (κ2) is 8.64. The van der Waals surface area contributed by atoms with Crippen LogP contribution >= 0.6 is 23.1 Å². The van der Waals surface area contributed by atoms with Gasteiger partial charge in [-0.05, 0) is 18.9 Å². The molecule has 1 aromatic heterocycles. The van der Waals surface area contributed by atoms with Crippen molar-refractivity contribution in [2.45, 2.75) is 23.7 Å². The van der Waals surface area contributed by atoms with Gasteiger partial charge in [0.25, 0.3) is 0 Å². The van der Waals surface area contributed by atoms with Crippen molar-refractivity contribution in [3.63, 3.8) is 0 Å². The summed E-state index contributed by atoms with van der Waals surface area (Å²) in [6, 6.07) is 9.13. The van der Waals surface area contributed by atoms with E-state index in [9.17, 15) is 9.59 Å². The molecule has 0 saturated heterocycles. The van der Waals surface area contributed by atoms with E-state index in [1.807, 2.05) is 30.3 Å². The van der Waals surface area contributed by atoms with E-state index in [1.54, 1.807) is 7.05 Å². The largest absolute Gasteiger partial charge is 0.363 e. The molecule has 23 heavy (non-hydrogen) atoms. The number of benzene rings is 1. The minimum Gasteiger partial charge on any atom is -0.363 e. The van der Waals surface area contributed by atoms with E-state index in [0.717, 1.165) is 5.56 Å². The molecule has 0 unspecified atom stereocenters. The summed E-state index contributed by atoms with van der Waals surface area (Å²) < 4.78 is 0.715. The quantitative estimate of drug-likeness (QED) is 0.709. The monoisotopic (exact) mass is 350 g/mol. The Bertz CT molecular complexity index is 661. The Morgan fingerprint density at radius 2 is 2.00 bits per heavy atom. The van der Waals surface area contributed by atoms with Crippen LogP contribution in [0.1, 0.15) is 12.5 Å². The van der Waals surface area contributed by atoms with Crippen LogP contribution in [0.4, 0.5) is 5.13 Å². The molecule has 2 N–H and O–H groups in total. The SMILES string of the molecule is CNc1nnc(SCC(=O)N[C@@H](Cc2ccccc2)C(C)=O)s1. The molecule has 0 spiro atoms. The van der Waals surface area contributed by atoms with Gasteiger partial charge in [0.1, 0.15) is 0 Å². The number of carbonyl (C=O) groups excluding carboxylic acids is 2. The Morgan fingerprint density at radius 3 is 2.61 bits per heavy atom. The fourth-order valence-electron chi connectivity index (χ4n) is 1.88. The zero-order valence-electron chi connectivity index (χ0n) is 12.9. The van der Waals surface area contributed by atoms with Gasteiger partial charge in [0.2, 0.25) is 11.0 Å². The standard InChI is InChI=1S/C15H18N4O2S2/c1-10(20)12(8-11-6-4-3-5-7-11)17-13(21)9-22-15-19-18-14(16-2)23-15/h3-7,12H,8-9H2,1-2H3,(H,16,18)(H,17,21)/t12-/m0/s1. The Labute approximate surface area is 143 Å². The summed E-state index contributed by atoms with van der Waals surface area (Å²) in [6.45, 7) is 1.49. The Kier molecular flexibility index (Phi) is 6.54. The smallest absolute Gasteiger partial charge is 0.231 e. The number of thioether (sulfide) groups is 1. The van der Waals surface area contributed by atoms with Gasteiger partial charge in [-0.25, -0.2) is 0 Å². The van der Waals surface area contributed by atoms with Crippen LogP contribution in [0.25, 0.3) is 0 Å². The van der Waals surface area contributed by atoms with Gasteiger partial charge in [-0.2, -0.15) is 0 Å². The van der Waals surface area contributed by atoms with Crippen LogP contribution < -0.4 is 10.6 Å². The average molecular weight is 350 g/mol. The molecule has 122 valence electrons. The second-order valence-corrected chi connectivity index (χ2v) is 7.03. The van der Waals surface area contributed by atoms with Crippen molar-refractivity contribution in [1.82, 2.24) is 15.5 Å². The highest BCUT2D eigenvalue weighted by Crippen LogP contribution is 2.24. The molecule has 6 nitrogen and oxygen atoms in total. The molecule has 0 aliphatic heterocycles. The van der Waals surface area contributed by atoms with Gasteiger partial charge >= 0.3 is 0 Å². The fourth-order valence-corrected chi connectivity index (χ4v) is 3.40. The number of nitrogens with one attached hydrogen (secondary N) is 2. The van der Waals surface area contributed by atoms with Gasteiger partial charge < -0.3 is 10.6 Å². The molecule has 0 fully saturated rings. The zero-order valence-corrected chi connectivity index (χ0v) is 14.5. The third kappa shape index (κ3) is 5.65. The third-order valence-corrected chi connectivity index (χ3v) is 5.13. The fraction of sp³-hybridized carbons (Fsp3) is 0.333. The molecule has 0 bridgehead atoms. The lowest BCUT2D eigenvalue weighted by atomic mass is 10.0. The van der Waals surface area contributed by atoms with Gasteiger partial charge in [0.15, 0.2) is 10.1 Å². The second-order valence-electron chi connectivity index (χ2n) is 4.83. The predicted molar refractivity (Wildman–Crippen MR) is 92.9 cm³/mol. The number of rotatable bonds is 8. The van der Waals surface area contributed by atoms with Crippen LogP contribution in [-0.2, 0) is 16.0 Å². The van der Waals surface area contributed by atoms with E-state index in [4.69, 9.17) is 0 Å². The van der Waals surface area contributed by atoms with Crippen molar-refractivity contribution in [2.75, 3.05) is 18.1 Å². The molecular weight excluding hydrogens is 332 g/mol. The van der Waals surface area contributed by atoms with E-state index in [1.165, 1.54) is 30.0 Å². The van der Waals surface area contributed by atoms with E-state index >= 15 is 0 Å². The lowest BCUT2D eigenvalue weighted by Crippen LogP contribution is -2.42. The highest BCUT2D eigenvalue weighted by molar-refractivity contribution is 8.01. The number of ketones is 1. The van der Waals surface area contributed by atoms with E-state index in [-0.39, 0.29) is 17.4 Å². The Morgan fingerprint density at radius 1 is 1.26 bits per heavy atom. The van der Waals surface area contributed by atoms with E-state index in [0.29, 0.717) is 15.9 Å². The van der Waals surface area contributed by atoms with Gasteiger partial charge in [0.05, 0.1) is 11.8 Å². The van der Waals surface area contributed by atoms with Crippen LogP contribution in [-0.4, -0.2) is 40.7 Å². The number of nitrogens with zero attached hydrogens (tertiary/aromatic N) is 2. The minimum atomic E-state index is -0.507. The maximum absolute atomic E-state index is 12.1. The zero-order chi connectivity index (χ0) is 16.7. The van der Waals surface area contributed by atoms with Gasteiger partial charge in [0, 0.05) is 7.05 Å². The Hall–Kier alpha value is -1.93. The highest BCUT2D eigenvalue weighted by atomic mass is 32.2. The summed E-state index contributed by atoms with van der Waals surface area (Å²) in [5.74, 6) is -0.0374. The average Bonchev–Trinajstić information content (AvgIpc) is 3.01. The van der Waals surface area contributed by atoms with Crippen LogP contribution in [0.15, 0.2) is 34.7 Å². The first-order valence-electron chi connectivity index (χ1n) is 7.06. The van der Waals surface area contributed by atoms with Crippen molar-refractivity contribution >= 4 is 39.9 Å². The third-order valence-electron chi connectivity index (χ3n) is 3.06. The number of hydrogen-bond acceptors (Lipinski definition) is 7. The predicted octanol–water partition coefficient (Wildman–Crippen LogP) is 1.99. The number of amides is 1. The van der Waals surface area contributed by atoms with Crippen molar-refractivity contribution in [3.8, 4) is 0 Å². The van der Waals surface area contributed by atoms with Crippen molar-refractivity contribution in [3.05, 3.63) is 35.9 Å². The number of Topliss-reactive ketones (excluding diaryl/α,β-unsaturated/α-hetero) is 1. The molecule has 0 aliphatic carbocycles. The first-order chi connectivity index (χ1) is 11.1. The molecule has 1 amide bonds. The van der Waals surface area contributed by atoms with Gasteiger partial charge in [-0.15, -0.1) is 10.2 Å². The molecule has 8 heteroatoms. The summed E-state index contributed by atoms with van der Waals surface area (Å²) in [5.41, 5.74) is 1.02. The molecule has 2 aromatic rings. The molecule has 0 saturated carbocycles. The molecule has 1 atom stereocenters. The molecule has 0 radical (unpaired) electrons. The van der Waals surface area contributed by atoms with Crippen LogP contribution in [0.5, 0.6) is 0 Å².